The number of hydrogen-bond acceptors (Lipinski definition) is 3. The standard InChI is InChI=1S/C8H9BrN2O2/c1-11(13-2)8(12)7-5-6(9)3-4-10-7/h3-5H,1-2H3. The van der Waals surface area contributed by atoms with Crippen LogP contribution in [0.4, 0.5) is 0 Å². The summed E-state index contributed by atoms with van der Waals surface area (Å²) in [5, 5.41) is 1.12. The van der Waals surface area contributed by atoms with Crippen LogP contribution in [0.5, 0.6) is 0 Å². The number of carbonyl (C=O) groups is 1. The van der Waals surface area contributed by atoms with E-state index in [0.29, 0.717) is 5.69 Å². The Kier molecular flexibility index (Phi) is 3.39. The number of aromatic nitrogens is 1. The molecule has 13 heavy (non-hydrogen) atoms. The Morgan fingerprint density at radius 3 is 2.92 bits per heavy atom. The van der Waals surface area contributed by atoms with Gasteiger partial charge in [-0.2, -0.15) is 0 Å². The van der Waals surface area contributed by atoms with Crippen molar-refractivity contribution >= 4 is 21.8 Å². The first-order valence-electron chi connectivity index (χ1n) is 3.59. The van der Waals surface area contributed by atoms with Gasteiger partial charge in [-0.05, 0) is 12.1 Å². The summed E-state index contributed by atoms with van der Waals surface area (Å²) in [6.45, 7) is 0. The maximum Gasteiger partial charge on any atom is 0.295 e. The number of nitrogens with zero attached hydrogens (tertiary/aromatic N) is 2. The van der Waals surface area contributed by atoms with Gasteiger partial charge in [0, 0.05) is 17.7 Å². The zero-order valence-corrected chi connectivity index (χ0v) is 8.91. The van der Waals surface area contributed by atoms with Crippen molar-refractivity contribution in [3.63, 3.8) is 0 Å². The molecule has 0 unspecified atom stereocenters. The summed E-state index contributed by atoms with van der Waals surface area (Å²) in [6.07, 6.45) is 1.56. The number of halogens is 1. The second kappa shape index (κ2) is 4.34. The Morgan fingerprint density at radius 1 is 1.69 bits per heavy atom. The van der Waals surface area contributed by atoms with Crippen LogP contribution in [0.15, 0.2) is 22.8 Å². The van der Waals surface area contributed by atoms with Crippen molar-refractivity contribution in [3.05, 3.63) is 28.5 Å². The van der Waals surface area contributed by atoms with Gasteiger partial charge in [0.05, 0.1) is 7.11 Å². The molecule has 0 bridgehead atoms. The largest absolute Gasteiger partial charge is 0.295 e. The lowest BCUT2D eigenvalue weighted by molar-refractivity contribution is -0.0760. The molecule has 0 aromatic carbocycles. The van der Waals surface area contributed by atoms with E-state index >= 15 is 0 Å². The molecule has 1 aromatic heterocycles. The van der Waals surface area contributed by atoms with Gasteiger partial charge in [-0.25, -0.2) is 5.06 Å². The number of carbonyl (C=O) groups excluding carboxylic acids is 1. The number of hydroxylamine groups is 2. The van der Waals surface area contributed by atoms with Crippen molar-refractivity contribution in [1.82, 2.24) is 10.0 Å². The van der Waals surface area contributed by atoms with Gasteiger partial charge in [-0.3, -0.25) is 14.6 Å². The lowest BCUT2D eigenvalue weighted by atomic mass is 10.3. The van der Waals surface area contributed by atoms with E-state index < -0.39 is 0 Å². The predicted molar refractivity (Wildman–Crippen MR) is 51.0 cm³/mol. The smallest absolute Gasteiger partial charge is 0.274 e. The highest BCUT2D eigenvalue weighted by molar-refractivity contribution is 9.10. The molecule has 0 N–H and O–H groups in total. The molecule has 0 aliphatic carbocycles. The van der Waals surface area contributed by atoms with Crippen LogP contribution < -0.4 is 0 Å². The van der Waals surface area contributed by atoms with Gasteiger partial charge in [0.2, 0.25) is 0 Å². The highest BCUT2D eigenvalue weighted by atomic mass is 79.9. The Morgan fingerprint density at radius 2 is 2.38 bits per heavy atom. The third-order valence-electron chi connectivity index (χ3n) is 1.50. The zero-order chi connectivity index (χ0) is 9.84. The average Bonchev–Trinajstić information content (AvgIpc) is 2.15. The normalized spacial score (nSPS) is 9.77. The molecule has 0 aliphatic rings. The van der Waals surface area contributed by atoms with Gasteiger partial charge in [-0.15, -0.1) is 0 Å². The first-order valence-corrected chi connectivity index (χ1v) is 4.38. The fourth-order valence-electron chi connectivity index (χ4n) is 0.766. The summed E-state index contributed by atoms with van der Waals surface area (Å²) in [7, 11) is 2.96. The summed E-state index contributed by atoms with van der Waals surface area (Å²) in [4.78, 5) is 20.1. The number of amides is 1. The molecule has 1 rings (SSSR count). The van der Waals surface area contributed by atoms with E-state index in [1.807, 2.05) is 0 Å². The van der Waals surface area contributed by atoms with Gasteiger partial charge < -0.3 is 0 Å². The molecule has 1 aromatic rings. The molecule has 0 atom stereocenters. The lowest BCUT2D eigenvalue weighted by Gasteiger charge is -2.12. The van der Waals surface area contributed by atoms with E-state index in [2.05, 4.69) is 20.9 Å². The van der Waals surface area contributed by atoms with Crippen LogP contribution in [-0.4, -0.2) is 30.1 Å². The van der Waals surface area contributed by atoms with E-state index in [9.17, 15) is 4.79 Å². The Labute approximate surface area is 84.6 Å². The molecule has 0 spiro atoms. The molecular formula is C8H9BrN2O2. The fourth-order valence-corrected chi connectivity index (χ4v) is 1.10. The first kappa shape index (κ1) is 10.1. The monoisotopic (exact) mass is 244 g/mol. The van der Waals surface area contributed by atoms with E-state index in [1.54, 1.807) is 18.3 Å². The molecule has 0 saturated carbocycles. The molecule has 4 nitrogen and oxygen atoms in total. The van der Waals surface area contributed by atoms with E-state index in [1.165, 1.54) is 14.2 Å². The van der Waals surface area contributed by atoms with Crippen molar-refractivity contribution < 1.29 is 9.63 Å². The summed E-state index contributed by atoms with van der Waals surface area (Å²) in [6, 6.07) is 3.39. The van der Waals surface area contributed by atoms with Crippen molar-refractivity contribution in [3.8, 4) is 0 Å². The van der Waals surface area contributed by atoms with Crippen molar-refractivity contribution in [1.29, 1.82) is 0 Å². The number of rotatable bonds is 2. The van der Waals surface area contributed by atoms with Crippen LogP contribution in [0.2, 0.25) is 0 Å². The van der Waals surface area contributed by atoms with E-state index in [0.717, 1.165) is 9.54 Å². The summed E-state index contributed by atoms with van der Waals surface area (Å²) in [5.41, 5.74) is 0.346. The molecule has 0 radical (unpaired) electrons. The highest BCUT2D eigenvalue weighted by Crippen LogP contribution is 2.10. The number of hydrogen-bond donors (Lipinski definition) is 0. The van der Waals surface area contributed by atoms with Crippen molar-refractivity contribution in [2.75, 3.05) is 14.2 Å². The minimum absolute atomic E-state index is 0.274. The lowest BCUT2D eigenvalue weighted by Crippen LogP contribution is -2.26. The third kappa shape index (κ3) is 2.50. The van der Waals surface area contributed by atoms with Crippen molar-refractivity contribution in [2.24, 2.45) is 0 Å². The van der Waals surface area contributed by atoms with Crippen molar-refractivity contribution in [2.45, 2.75) is 0 Å². The van der Waals surface area contributed by atoms with Crippen LogP contribution in [0, 0.1) is 0 Å². The molecule has 1 amide bonds. The Balaban J connectivity index is 2.89. The van der Waals surface area contributed by atoms with Gasteiger partial charge >= 0.3 is 0 Å². The van der Waals surface area contributed by atoms with Gasteiger partial charge in [0.25, 0.3) is 5.91 Å². The van der Waals surface area contributed by atoms with Crippen LogP contribution in [0.3, 0.4) is 0 Å². The van der Waals surface area contributed by atoms with Gasteiger partial charge in [0.15, 0.2) is 0 Å². The quantitative estimate of drug-likeness (QED) is 0.741. The van der Waals surface area contributed by atoms with E-state index in [4.69, 9.17) is 4.84 Å². The Bertz CT molecular complexity index is 317. The molecule has 70 valence electrons. The molecular weight excluding hydrogens is 236 g/mol. The summed E-state index contributed by atoms with van der Waals surface area (Å²) < 4.78 is 0.815. The first-order chi connectivity index (χ1) is 6.15. The number of pyridine rings is 1. The molecule has 0 fully saturated rings. The second-order valence-corrected chi connectivity index (χ2v) is 3.26. The van der Waals surface area contributed by atoms with E-state index in [-0.39, 0.29) is 5.91 Å². The SMILES string of the molecule is CON(C)C(=O)c1cc(Br)ccn1. The molecule has 5 heteroatoms. The molecule has 0 saturated heterocycles. The summed E-state index contributed by atoms with van der Waals surface area (Å²) in [5.74, 6) is -0.274. The van der Waals surface area contributed by atoms with Crippen LogP contribution in [0.25, 0.3) is 0 Å². The second-order valence-electron chi connectivity index (χ2n) is 2.34. The molecule has 1 heterocycles. The molecule has 0 aliphatic heterocycles. The zero-order valence-electron chi connectivity index (χ0n) is 7.32. The van der Waals surface area contributed by atoms with Crippen LogP contribution >= 0.6 is 15.9 Å². The average molecular weight is 245 g/mol. The minimum atomic E-state index is -0.274. The van der Waals surface area contributed by atoms with Gasteiger partial charge in [-0.1, -0.05) is 15.9 Å². The predicted octanol–water partition coefficient (Wildman–Crippen LogP) is 1.48. The van der Waals surface area contributed by atoms with Gasteiger partial charge in [0.1, 0.15) is 5.69 Å². The minimum Gasteiger partial charge on any atom is -0.274 e. The van der Waals surface area contributed by atoms with Crippen LogP contribution in [-0.2, 0) is 4.84 Å². The maximum atomic E-state index is 11.4. The fraction of sp³-hybridized carbons (Fsp3) is 0.250. The topological polar surface area (TPSA) is 42.4 Å². The summed E-state index contributed by atoms with van der Waals surface area (Å²) >= 11 is 3.25. The highest BCUT2D eigenvalue weighted by Gasteiger charge is 2.12. The third-order valence-corrected chi connectivity index (χ3v) is 1.99. The Hall–Kier alpha value is -0.940. The maximum absolute atomic E-state index is 11.4. The van der Waals surface area contributed by atoms with Crippen LogP contribution in [0.1, 0.15) is 10.5 Å².